The van der Waals surface area contributed by atoms with Crippen LogP contribution in [0.2, 0.25) is 0 Å². The Bertz CT molecular complexity index is 965. The van der Waals surface area contributed by atoms with Gasteiger partial charge in [0.15, 0.2) is 0 Å². The summed E-state index contributed by atoms with van der Waals surface area (Å²) in [7, 11) is 1.28. The minimum Gasteiger partial charge on any atom is -0.497 e. The maximum atomic E-state index is 14.3. The number of nitrogens with one attached hydrogen (secondary N) is 1. The van der Waals surface area contributed by atoms with E-state index in [4.69, 9.17) is 9.47 Å². The molecule has 28 heavy (non-hydrogen) atoms. The quantitative estimate of drug-likeness (QED) is 0.795. The normalized spacial score (nSPS) is 20.5. The fraction of sp³-hybridized carbons (Fsp3) is 0.400. The number of halogens is 1. The molecule has 1 aliphatic heterocycles. The maximum Gasteiger partial charge on any atom is 0.240 e. The van der Waals surface area contributed by atoms with Crippen LogP contribution in [0.1, 0.15) is 5.56 Å². The molecular weight excluding hydrogens is 383 g/mol. The maximum absolute atomic E-state index is 14.3. The van der Waals surface area contributed by atoms with Crippen molar-refractivity contribution in [1.29, 1.82) is 0 Å². The highest BCUT2D eigenvalue weighted by Gasteiger charge is 2.34. The van der Waals surface area contributed by atoms with Crippen LogP contribution in [0.4, 0.5) is 4.39 Å². The van der Waals surface area contributed by atoms with E-state index in [1.54, 1.807) is 38.3 Å². The first-order valence-electron chi connectivity index (χ1n) is 8.93. The lowest BCUT2D eigenvalue weighted by Gasteiger charge is -2.19. The Hall–Kier alpha value is -2.00. The molecule has 2 aromatic carbocycles. The second-order valence-electron chi connectivity index (χ2n) is 7.05. The van der Waals surface area contributed by atoms with Gasteiger partial charge in [-0.2, -0.15) is 0 Å². The Balaban J connectivity index is 1.89. The van der Waals surface area contributed by atoms with Gasteiger partial charge in [0.2, 0.25) is 10.0 Å². The van der Waals surface area contributed by atoms with Crippen molar-refractivity contribution in [2.75, 3.05) is 34.4 Å². The van der Waals surface area contributed by atoms with Gasteiger partial charge in [-0.15, -0.1) is 0 Å². The van der Waals surface area contributed by atoms with Crippen LogP contribution in [0.5, 0.6) is 5.75 Å². The SMILES string of the molecule is COc1ccc(F)c(-c2ccc(S(=O)(=O)N[C@H]3CN(C)C[C@@H]3OC)cc2C)c1. The number of likely N-dealkylation sites (tertiary alicyclic amines) is 1. The molecule has 1 aliphatic rings. The summed E-state index contributed by atoms with van der Waals surface area (Å²) in [4.78, 5) is 2.16. The van der Waals surface area contributed by atoms with Crippen molar-refractivity contribution in [1.82, 2.24) is 9.62 Å². The standard InChI is InChI=1S/C20H25FN2O4S/c1-13-9-15(28(24,25)22-19-11-23(2)12-20(19)27-4)6-7-16(13)17-10-14(26-3)5-8-18(17)21/h5-10,19-20,22H,11-12H2,1-4H3/t19-,20-/m0/s1. The first-order valence-corrected chi connectivity index (χ1v) is 10.4. The predicted octanol–water partition coefficient (Wildman–Crippen LogP) is 2.42. The van der Waals surface area contributed by atoms with Crippen LogP contribution in [0.3, 0.4) is 0 Å². The Morgan fingerprint density at radius 3 is 2.50 bits per heavy atom. The number of hydrogen-bond donors (Lipinski definition) is 1. The van der Waals surface area contributed by atoms with E-state index < -0.39 is 15.8 Å². The minimum atomic E-state index is -3.73. The van der Waals surface area contributed by atoms with E-state index in [0.29, 0.717) is 35.5 Å². The van der Waals surface area contributed by atoms with E-state index in [0.717, 1.165) is 0 Å². The van der Waals surface area contributed by atoms with Crippen molar-refractivity contribution in [3.05, 3.63) is 47.8 Å². The third-order valence-electron chi connectivity index (χ3n) is 5.03. The zero-order valence-corrected chi connectivity index (χ0v) is 17.2. The molecular formula is C20H25FN2O4S. The van der Waals surface area contributed by atoms with Gasteiger partial charge in [-0.1, -0.05) is 6.07 Å². The van der Waals surface area contributed by atoms with Crippen LogP contribution in [-0.4, -0.2) is 59.8 Å². The van der Waals surface area contributed by atoms with Gasteiger partial charge >= 0.3 is 0 Å². The van der Waals surface area contributed by atoms with Crippen LogP contribution < -0.4 is 9.46 Å². The molecule has 0 unspecified atom stereocenters. The molecule has 8 heteroatoms. The number of hydrogen-bond acceptors (Lipinski definition) is 5. The van der Waals surface area contributed by atoms with Crippen molar-refractivity contribution in [3.63, 3.8) is 0 Å². The average molecular weight is 408 g/mol. The topological polar surface area (TPSA) is 67.9 Å². The molecule has 6 nitrogen and oxygen atoms in total. The van der Waals surface area contributed by atoms with E-state index in [1.165, 1.54) is 19.2 Å². The largest absolute Gasteiger partial charge is 0.497 e. The summed E-state index contributed by atoms with van der Waals surface area (Å²) in [5.41, 5.74) is 1.64. The predicted molar refractivity (Wildman–Crippen MR) is 106 cm³/mol. The van der Waals surface area contributed by atoms with E-state index in [-0.39, 0.29) is 17.0 Å². The molecule has 0 aliphatic carbocycles. The van der Waals surface area contributed by atoms with Gasteiger partial charge in [0.25, 0.3) is 0 Å². The molecule has 0 bridgehead atoms. The van der Waals surface area contributed by atoms with Gasteiger partial charge in [0.1, 0.15) is 11.6 Å². The molecule has 0 aromatic heterocycles. The third kappa shape index (κ3) is 4.20. The van der Waals surface area contributed by atoms with Crippen LogP contribution in [0.15, 0.2) is 41.3 Å². The minimum absolute atomic E-state index is 0.140. The smallest absolute Gasteiger partial charge is 0.240 e. The third-order valence-corrected chi connectivity index (χ3v) is 6.52. The first-order chi connectivity index (χ1) is 13.2. The Labute approximate surface area is 165 Å². The summed E-state index contributed by atoms with van der Waals surface area (Å²) in [6, 6.07) is 8.82. The van der Waals surface area contributed by atoms with Gasteiger partial charge in [0.05, 0.1) is 24.2 Å². The average Bonchev–Trinajstić information content (AvgIpc) is 3.01. The van der Waals surface area contributed by atoms with Crippen LogP contribution in [0, 0.1) is 12.7 Å². The fourth-order valence-corrected chi connectivity index (χ4v) is 4.86. The molecule has 1 N–H and O–H groups in total. The lowest BCUT2D eigenvalue weighted by Crippen LogP contribution is -2.43. The van der Waals surface area contributed by atoms with Gasteiger partial charge in [0, 0.05) is 25.8 Å². The molecule has 2 atom stereocenters. The lowest BCUT2D eigenvalue weighted by molar-refractivity contribution is 0.0969. The summed E-state index contributed by atoms with van der Waals surface area (Å²) in [5.74, 6) is 0.139. The number of rotatable bonds is 6. The lowest BCUT2D eigenvalue weighted by atomic mass is 10.00. The number of nitrogens with zero attached hydrogens (tertiary/aromatic N) is 1. The van der Waals surface area contributed by atoms with Crippen molar-refractivity contribution in [2.24, 2.45) is 0 Å². The van der Waals surface area contributed by atoms with Crippen molar-refractivity contribution < 1.29 is 22.3 Å². The number of likely N-dealkylation sites (N-methyl/N-ethyl adjacent to an activating group) is 1. The molecule has 0 amide bonds. The number of methoxy groups -OCH3 is 2. The number of sulfonamides is 1. The summed E-state index contributed by atoms with van der Waals surface area (Å²) in [6.07, 6.45) is -0.203. The van der Waals surface area contributed by atoms with Crippen molar-refractivity contribution in [3.8, 4) is 16.9 Å². The number of aryl methyl sites for hydroxylation is 1. The highest BCUT2D eigenvalue weighted by atomic mass is 32.2. The monoisotopic (exact) mass is 408 g/mol. The van der Waals surface area contributed by atoms with Crippen LogP contribution >= 0.6 is 0 Å². The summed E-state index contributed by atoms with van der Waals surface area (Å²) in [6.45, 7) is 3.00. The molecule has 1 saturated heterocycles. The second-order valence-corrected chi connectivity index (χ2v) is 8.76. The molecule has 2 aromatic rings. The molecule has 0 saturated carbocycles. The van der Waals surface area contributed by atoms with E-state index in [9.17, 15) is 12.8 Å². The van der Waals surface area contributed by atoms with E-state index in [1.807, 2.05) is 11.9 Å². The molecule has 152 valence electrons. The summed E-state index contributed by atoms with van der Waals surface area (Å²) >= 11 is 0. The van der Waals surface area contributed by atoms with E-state index >= 15 is 0 Å². The zero-order chi connectivity index (χ0) is 20.5. The van der Waals surface area contributed by atoms with Crippen LogP contribution in [0.25, 0.3) is 11.1 Å². The summed E-state index contributed by atoms with van der Waals surface area (Å²) in [5, 5.41) is 0. The fourth-order valence-electron chi connectivity index (χ4n) is 3.52. The van der Waals surface area contributed by atoms with Gasteiger partial charge < -0.3 is 14.4 Å². The van der Waals surface area contributed by atoms with Crippen molar-refractivity contribution in [2.45, 2.75) is 24.0 Å². The number of benzene rings is 2. The zero-order valence-electron chi connectivity index (χ0n) is 16.4. The second kappa shape index (κ2) is 8.16. The first kappa shape index (κ1) is 20.7. The number of ether oxygens (including phenoxy) is 2. The summed E-state index contributed by atoms with van der Waals surface area (Å²) < 4.78 is 53.3. The molecule has 0 radical (unpaired) electrons. The molecule has 3 rings (SSSR count). The van der Waals surface area contributed by atoms with Gasteiger partial charge in [-0.05, 0) is 55.4 Å². The highest BCUT2D eigenvalue weighted by molar-refractivity contribution is 7.89. The molecule has 1 fully saturated rings. The molecule has 0 spiro atoms. The van der Waals surface area contributed by atoms with E-state index in [2.05, 4.69) is 4.72 Å². The Morgan fingerprint density at radius 1 is 1.11 bits per heavy atom. The van der Waals surface area contributed by atoms with Gasteiger partial charge in [-0.3, -0.25) is 0 Å². The highest BCUT2D eigenvalue weighted by Crippen LogP contribution is 2.31. The van der Waals surface area contributed by atoms with Crippen LogP contribution in [-0.2, 0) is 14.8 Å². The Kier molecular flexibility index (Phi) is 6.04. The Morgan fingerprint density at radius 2 is 1.86 bits per heavy atom. The van der Waals surface area contributed by atoms with Crippen molar-refractivity contribution >= 4 is 10.0 Å². The molecule has 1 heterocycles. The van der Waals surface area contributed by atoms with Gasteiger partial charge in [-0.25, -0.2) is 17.5 Å².